The zero-order chi connectivity index (χ0) is 13.7. The monoisotopic (exact) mass is 278 g/mol. The number of amides is 1. The van der Waals surface area contributed by atoms with Gasteiger partial charge in [0.25, 0.3) is 5.91 Å². The fraction of sp³-hybridized carbons (Fsp3) is 0.308. The van der Waals surface area contributed by atoms with Crippen molar-refractivity contribution in [3.05, 3.63) is 29.3 Å². The average Bonchev–Trinajstić information content (AvgIpc) is 2.79. The number of nitrogens with zero attached hydrogens (tertiary/aromatic N) is 1. The predicted molar refractivity (Wildman–Crippen MR) is 72.7 cm³/mol. The molecule has 1 aromatic carbocycles. The molecule has 0 atom stereocenters. The first-order valence-corrected chi connectivity index (χ1v) is 6.75. The Labute approximate surface area is 114 Å². The Morgan fingerprint density at radius 3 is 2.84 bits per heavy atom. The van der Waals surface area contributed by atoms with Gasteiger partial charge in [-0.15, -0.1) is 11.3 Å². The number of carbonyl (C=O) groups excluding carboxylic acids is 2. The van der Waals surface area contributed by atoms with Crippen LogP contribution in [0.5, 0.6) is 0 Å². The van der Waals surface area contributed by atoms with E-state index in [2.05, 4.69) is 9.72 Å². The quantitative estimate of drug-likeness (QED) is 0.814. The van der Waals surface area contributed by atoms with E-state index in [1.165, 1.54) is 0 Å². The Morgan fingerprint density at radius 1 is 1.32 bits per heavy atom. The first-order chi connectivity index (χ1) is 9.15. The Balaban J connectivity index is 1.79. The number of nitrogens with two attached hydrogens (primary N) is 1. The number of ether oxygens (including phenoxy) is 1. The molecule has 0 bridgehead atoms. The van der Waals surface area contributed by atoms with E-state index in [1.54, 1.807) is 11.3 Å². The summed E-state index contributed by atoms with van der Waals surface area (Å²) >= 11 is 1.63. The minimum Gasteiger partial charge on any atom is -0.456 e. The van der Waals surface area contributed by atoms with Gasteiger partial charge in [0.05, 0.1) is 15.2 Å². The Morgan fingerprint density at radius 2 is 2.11 bits per heavy atom. The third kappa shape index (κ3) is 4.03. The van der Waals surface area contributed by atoms with Gasteiger partial charge in [-0.05, 0) is 25.0 Å². The van der Waals surface area contributed by atoms with Crippen molar-refractivity contribution in [1.29, 1.82) is 0 Å². The van der Waals surface area contributed by atoms with Crippen LogP contribution in [0.4, 0.5) is 0 Å². The van der Waals surface area contributed by atoms with E-state index >= 15 is 0 Å². The summed E-state index contributed by atoms with van der Waals surface area (Å²) in [5.74, 6) is -1.04. The molecule has 0 aliphatic carbocycles. The first kappa shape index (κ1) is 13.5. The van der Waals surface area contributed by atoms with Crippen molar-refractivity contribution >= 4 is 33.4 Å². The zero-order valence-electron chi connectivity index (χ0n) is 10.3. The molecule has 100 valence electrons. The minimum atomic E-state index is -0.639. The first-order valence-electron chi connectivity index (χ1n) is 5.93. The maximum Gasteiger partial charge on any atom is 0.306 e. The lowest BCUT2D eigenvalue weighted by molar-refractivity contribution is -0.147. The van der Waals surface area contributed by atoms with Crippen molar-refractivity contribution in [2.24, 2.45) is 5.73 Å². The molecule has 6 heteroatoms. The average molecular weight is 278 g/mol. The molecule has 2 N–H and O–H groups in total. The van der Waals surface area contributed by atoms with Crippen molar-refractivity contribution in [2.75, 3.05) is 6.61 Å². The van der Waals surface area contributed by atoms with Crippen LogP contribution in [0, 0.1) is 0 Å². The summed E-state index contributed by atoms with van der Waals surface area (Å²) < 4.78 is 5.82. The lowest BCUT2D eigenvalue weighted by Crippen LogP contribution is -2.20. The number of para-hydroxylation sites is 1. The lowest BCUT2D eigenvalue weighted by atomic mass is 10.2. The molecule has 2 rings (SSSR count). The van der Waals surface area contributed by atoms with Crippen LogP contribution in [0.25, 0.3) is 10.2 Å². The van der Waals surface area contributed by atoms with E-state index in [9.17, 15) is 9.59 Å². The number of fused-ring (bicyclic) bond motifs is 1. The van der Waals surface area contributed by atoms with Crippen LogP contribution >= 0.6 is 11.3 Å². The summed E-state index contributed by atoms with van der Waals surface area (Å²) in [6, 6.07) is 7.92. The Kier molecular flexibility index (Phi) is 4.46. The van der Waals surface area contributed by atoms with Gasteiger partial charge in [0, 0.05) is 6.42 Å². The van der Waals surface area contributed by atoms with E-state index < -0.39 is 11.9 Å². The topological polar surface area (TPSA) is 82.3 Å². The van der Waals surface area contributed by atoms with E-state index in [0.717, 1.165) is 21.6 Å². The molecular weight excluding hydrogens is 264 g/mol. The second-order valence-corrected chi connectivity index (χ2v) is 5.17. The Bertz CT molecular complexity index is 561. The van der Waals surface area contributed by atoms with Gasteiger partial charge in [0.15, 0.2) is 6.61 Å². The summed E-state index contributed by atoms with van der Waals surface area (Å²) in [4.78, 5) is 26.2. The molecule has 2 aromatic rings. The minimum absolute atomic E-state index is 0.267. The van der Waals surface area contributed by atoms with Gasteiger partial charge in [0.1, 0.15) is 0 Å². The van der Waals surface area contributed by atoms with Gasteiger partial charge in [-0.25, -0.2) is 4.98 Å². The van der Waals surface area contributed by atoms with Gasteiger partial charge in [-0.1, -0.05) is 12.1 Å². The largest absolute Gasteiger partial charge is 0.456 e. The highest BCUT2D eigenvalue weighted by Crippen LogP contribution is 2.22. The molecule has 0 radical (unpaired) electrons. The molecule has 19 heavy (non-hydrogen) atoms. The third-order valence-corrected chi connectivity index (χ3v) is 3.58. The second kappa shape index (κ2) is 6.29. The number of thiazole rings is 1. The van der Waals surface area contributed by atoms with Crippen LogP contribution in [0.1, 0.15) is 17.8 Å². The van der Waals surface area contributed by atoms with E-state index in [-0.39, 0.29) is 13.0 Å². The lowest BCUT2D eigenvalue weighted by Gasteiger charge is -2.00. The van der Waals surface area contributed by atoms with Crippen LogP contribution in [0.2, 0.25) is 0 Å². The molecular formula is C13H14N2O3S. The number of hydrogen-bond acceptors (Lipinski definition) is 5. The SMILES string of the molecule is NC(=O)COC(=O)CCCc1nc2ccccc2s1. The number of primary amides is 1. The van der Waals surface area contributed by atoms with Crippen LogP contribution < -0.4 is 5.73 Å². The number of hydrogen-bond donors (Lipinski definition) is 1. The molecule has 0 unspecified atom stereocenters. The highest BCUT2D eigenvalue weighted by Gasteiger charge is 2.07. The summed E-state index contributed by atoms with van der Waals surface area (Å²) in [7, 11) is 0. The van der Waals surface area contributed by atoms with Crippen LogP contribution in [-0.4, -0.2) is 23.5 Å². The number of aromatic nitrogens is 1. The van der Waals surface area contributed by atoms with Crippen molar-refractivity contribution in [3.63, 3.8) is 0 Å². The van der Waals surface area contributed by atoms with Gasteiger partial charge in [0.2, 0.25) is 0 Å². The standard InChI is InChI=1S/C13H14N2O3S/c14-11(16)8-18-13(17)7-3-6-12-15-9-4-1-2-5-10(9)19-12/h1-2,4-5H,3,6-8H2,(H2,14,16). The zero-order valence-corrected chi connectivity index (χ0v) is 11.1. The summed E-state index contributed by atoms with van der Waals surface area (Å²) in [5, 5.41) is 1.00. The predicted octanol–water partition coefficient (Wildman–Crippen LogP) is 1.65. The van der Waals surface area contributed by atoms with E-state index in [4.69, 9.17) is 5.73 Å². The van der Waals surface area contributed by atoms with Gasteiger partial charge >= 0.3 is 5.97 Å². The normalized spacial score (nSPS) is 10.5. The van der Waals surface area contributed by atoms with Crippen molar-refractivity contribution in [1.82, 2.24) is 4.98 Å². The van der Waals surface area contributed by atoms with E-state index in [0.29, 0.717) is 6.42 Å². The molecule has 0 saturated carbocycles. The number of aryl methyl sites for hydroxylation is 1. The molecule has 5 nitrogen and oxygen atoms in total. The summed E-state index contributed by atoms with van der Waals surface area (Å²) in [6.45, 7) is -0.347. The summed E-state index contributed by atoms with van der Waals surface area (Å²) in [5.41, 5.74) is 5.86. The van der Waals surface area contributed by atoms with Gasteiger partial charge in [-0.3, -0.25) is 9.59 Å². The number of rotatable bonds is 6. The molecule has 0 aliphatic rings. The fourth-order valence-corrected chi connectivity index (χ4v) is 2.64. The van der Waals surface area contributed by atoms with E-state index in [1.807, 2.05) is 24.3 Å². The Hall–Kier alpha value is -1.95. The molecule has 0 saturated heterocycles. The van der Waals surface area contributed by atoms with Gasteiger partial charge in [-0.2, -0.15) is 0 Å². The molecule has 0 aliphatic heterocycles. The highest BCUT2D eigenvalue weighted by atomic mass is 32.1. The molecule has 1 heterocycles. The van der Waals surface area contributed by atoms with Gasteiger partial charge < -0.3 is 10.5 Å². The van der Waals surface area contributed by atoms with Crippen molar-refractivity contribution in [2.45, 2.75) is 19.3 Å². The maximum absolute atomic E-state index is 11.3. The van der Waals surface area contributed by atoms with Crippen molar-refractivity contribution in [3.8, 4) is 0 Å². The third-order valence-electron chi connectivity index (χ3n) is 2.49. The molecule has 0 spiro atoms. The molecule has 0 fully saturated rings. The van der Waals surface area contributed by atoms with Crippen molar-refractivity contribution < 1.29 is 14.3 Å². The second-order valence-electron chi connectivity index (χ2n) is 4.06. The number of benzene rings is 1. The summed E-state index contributed by atoms with van der Waals surface area (Å²) in [6.07, 6.45) is 1.64. The molecule has 1 aromatic heterocycles. The number of carbonyl (C=O) groups is 2. The van der Waals surface area contributed by atoms with Crippen LogP contribution in [0.15, 0.2) is 24.3 Å². The highest BCUT2D eigenvalue weighted by molar-refractivity contribution is 7.18. The molecule has 1 amide bonds. The smallest absolute Gasteiger partial charge is 0.306 e. The fourth-order valence-electron chi connectivity index (χ4n) is 1.63. The van der Waals surface area contributed by atoms with Crippen LogP contribution in [-0.2, 0) is 20.7 Å². The van der Waals surface area contributed by atoms with Crippen LogP contribution in [0.3, 0.4) is 0 Å². The number of esters is 1. The maximum atomic E-state index is 11.3.